The Morgan fingerprint density at radius 1 is 1.56 bits per heavy atom. The van der Waals surface area contributed by atoms with Gasteiger partial charge >= 0.3 is 0 Å². The second kappa shape index (κ2) is 4.53. The molecule has 2 heterocycles. The van der Waals surface area contributed by atoms with Crippen LogP contribution < -0.4 is 5.73 Å². The van der Waals surface area contributed by atoms with E-state index >= 15 is 0 Å². The first-order valence-corrected chi connectivity index (χ1v) is 5.49. The van der Waals surface area contributed by atoms with Gasteiger partial charge < -0.3 is 10.2 Å². The molecule has 0 saturated carbocycles. The maximum absolute atomic E-state index is 6.18. The third kappa shape index (κ3) is 2.17. The molecule has 4 nitrogen and oxygen atoms in total. The summed E-state index contributed by atoms with van der Waals surface area (Å²) in [6, 6.07) is 1.93. The average molecular weight is 219 g/mol. The van der Waals surface area contributed by atoms with E-state index in [1.165, 1.54) is 0 Å². The first-order valence-electron chi connectivity index (χ1n) is 5.49. The first kappa shape index (κ1) is 11.0. The van der Waals surface area contributed by atoms with Crippen molar-refractivity contribution in [3.8, 4) is 0 Å². The van der Waals surface area contributed by atoms with E-state index in [1.54, 1.807) is 12.5 Å². The summed E-state index contributed by atoms with van der Waals surface area (Å²) in [5.41, 5.74) is 9.52. The minimum absolute atomic E-state index is 0.0127. The van der Waals surface area contributed by atoms with Crippen molar-refractivity contribution in [2.24, 2.45) is 12.8 Å². The van der Waals surface area contributed by atoms with Crippen LogP contribution in [0.5, 0.6) is 0 Å². The third-order valence-electron chi connectivity index (χ3n) is 2.71. The second-order valence-electron chi connectivity index (χ2n) is 4.00. The predicted octanol–water partition coefficient (Wildman–Crippen LogP) is 1.82. The Bertz CT molecular complexity index is 445. The Kier molecular flexibility index (Phi) is 3.10. The summed E-state index contributed by atoms with van der Waals surface area (Å²) in [6.45, 7) is 2.09. The van der Waals surface area contributed by atoms with E-state index in [9.17, 15) is 0 Å². The quantitative estimate of drug-likeness (QED) is 0.853. The molecule has 0 saturated heterocycles. The Balaban J connectivity index is 2.16. The van der Waals surface area contributed by atoms with Crippen molar-refractivity contribution in [2.45, 2.75) is 25.8 Å². The summed E-state index contributed by atoms with van der Waals surface area (Å²) in [4.78, 5) is 0. The van der Waals surface area contributed by atoms with Gasteiger partial charge in [-0.1, -0.05) is 6.92 Å². The zero-order chi connectivity index (χ0) is 11.5. The summed E-state index contributed by atoms with van der Waals surface area (Å²) in [7, 11) is 1.92. The molecular weight excluding hydrogens is 202 g/mol. The fourth-order valence-electron chi connectivity index (χ4n) is 1.91. The van der Waals surface area contributed by atoms with Crippen LogP contribution in [0, 0.1) is 0 Å². The van der Waals surface area contributed by atoms with Crippen LogP contribution in [0.4, 0.5) is 0 Å². The summed E-state index contributed by atoms with van der Waals surface area (Å²) in [6.07, 6.45) is 7.11. The monoisotopic (exact) mass is 219 g/mol. The number of furan rings is 1. The van der Waals surface area contributed by atoms with Gasteiger partial charge in [0.15, 0.2) is 0 Å². The zero-order valence-electron chi connectivity index (χ0n) is 9.68. The maximum atomic E-state index is 6.18. The van der Waals surface area contributed by atoms with Crippen LogP contribution in [-0.2, 0) is 19.9 Å². The Labute approximate surface area is 95.1 Å². The van der Waals surface area contributed by atoms with E-state index in [4.69, 9.17) is 10.2 Å². The fourth-order valence-corrected chi connectivity index (χ4v) is 1.91. The number of nitrogens with two attached hydrogens (primary N) is 1. The summed E-state index contributed by atoms with van der Waals surface area (Å²) in [5.74, 6) is 0. The molecule has 2 N–H and O–H groups in total. The molecule has 0 spiro atoms. The molecule has 0 aliphatic heterocycles. The molecule has 2 rings (SSSR count). The second-order valence-corrected chi connectivity index (χ2v) is 4.00. The minimum atomic E-state index is -0.0127. The van der Waals surface area contributed by atoms with Crippen LogP contribution in [0.3, 0.4) is 0 Å². The van der Waals surface area contributed by atoms with Crippen LogP contribution in [0.15, 0.2) is 29.2 Å². The lowest BCUT2D eigenvalue weighted by Crippen LogP contribution is -2.14. The van der Waals surface area contributed by atoms with E-state index in [-0.39, 0.29) is 6.04 Å². The molecule has 0 fully saturated rings. The van der Waals surface area contributed by atoms with Crippen molar-refractivity contribution in [3.63, 3.8) is 0 Å². The number of aryl methyl sites for hydroxylation is 2. The fraction of sp³-hybridized carbons (Fsp3) is 0.417. The molecule has 16 heavy (non-hydrogen) atoms. The van der Waals surface area contributed by atoms with Gasteiger partial charge in [-0.05, 0) is 24.5 Å². The predicted molar refractivity (Wildman–Crippen MR) is 61.9 cm³/mol. The SMILES string of the molecule is CCc1nn(C)cc1C(N)Cc1ccoc1. The van der Waals surface area contributed by atoms with Crippen molar-refractivity contribution in [3.05, 3.63) is 41.6 Å². The van der Waals surface area contributed by atoms with Crippen LogP contribution >= 0.6 is 0 Å². The molecule has 1 atom stereocenters. The average Bonchev–Trinajstić information content (AvgIpc) is 2.86. The molecule has 0 aliphatic carbocycles. The molecule has 0 aromatic carbocycles. The van der Waals surface area contributed by atoms with Gasteiger partial charge in [0.05, 0.1) is 18.2 Å². The smallest absolute Gasteiger partial charge is 0.0935 e. The molecule has 0 radical (unpaired) electrons. The molecule has 2 aromatic heterocycles. The van der Waals surface area contributed by atoms with E-state index in [1.807, 2.05) is 24.0 Å². The minimum Gasteiger partial charge on any atom is -0.472 e. The molecule has 2 aromatic rings. The van der Waals surface area contributed by atoms with Crippen molar-refractivity contribution in [1.29, 1.82) is 0 Å². The standard InChI is InChI=1S/C12H17N3O/c1-3-12-10(7-15(2)14-12)11(13)6-9-4-5-16-8-9/h4-5,7-8,11H,3,6,13H2,1-2H3. The topological polar surface area (TPSA) is 57.0 Å². The Hall–Kier alpha value is -1.55. The molecule has 0 aliphatic rings. The number of hydrogen-bond acceptors (Lipinski definition) is 3. The van der Waals surface area contributed by atoms with Crippen LogP contribution in [-0.4, -0.2) is 9.78 Å². The van der Waals surface area contributed by atoms with Gasteiger partial charge in [-0.15, -0.1) is 0 Å². The Morgan fingerprint density at radius 3 is 3.00 bits per heavy atom. The van der Waals surface area contributed by atoms with E-state index in [2.05, 4.69) is 12.0 Å². The Morgan fingerprint density at radius 2 is 2.38 bits per heavy atom. The van der Waals surface area contributed by atoms with Gasteiger partial charge in [0.25, 0.3) is 0 Å². The summed E-state index contributed by atoms with van der Waals surface area (Å²) in [5, 5.41) is 4.39. The van der Waals surface area contributed by atoms with Crippen LogP contribution in [0.2, 0.25) is 0 Å². The van der Waals surface area contributed by atoms with Gasteiger partial charge in [-0.25, -0.2) is 0 Å². The van der Waals surface area contributed by atoms with E-state index < -0.39 is 0 Å². The van der Waals surface area contributed by atoms with Gasteiger partial charge in [-0.3, -0.25) is 4.68 Å². The molecule has 0 bridgehead atoms. The molecular formula is C12H17N3O. The van der Waals surface area contributed by atoms with Gasteiger partial charge in [0, 0.05) is 24.8 Å². The largest absolute Gasteiger partial charge is 0.472 e. The first-order chi connectivity index (χ1) is 7.70. The highest BCUT2D eigenvalue weighted by Gasteiger charge is 2.14. The van der Waals surface area contributed by atoms with E-state index in [0.717, 1.165) is 29.7 Å². The van der Waals surface area contributed by atoms with E-state index in [0.29, 0.717) is 0 Å². The van der Waals surface area contributed by atoms with Gasteiger partial charge in [0.2, 0.25) is 0 Å². The van der Waals surface area contributed by atoms with Crippen LogP contribution in [0.25, 0.3) is 0 Å². The summed E-state index contributed by atoms with van der Waals surface area (Å²) < 4.78 is 6.86. The van der Waals surface area contributed by atoms with Crippen molar-refractivity contribution < 1.29 is 4.42 Å². The lowest BCUT2D eigenvalue weighted by Gasteiger charge is -2.09. The maximum Gasteiger partial charge on any atom is 0.0935 e. The number of nitrogens with zero attached hydrogens (tertiary/aromatic N) is 2. The van der Waals surface area contributed by atoms with Crippen LogP contribution in [0.1, 0.15) is 29.8 Å². The highest BCUT2D eigenvalue weighted by molar-refractivity contribution is 5.23. The normalized spacial score (nSPS) is 12.9. The molecule has 1 unspecified atom stereocenters. The molecule has 4 heteroatoms. The lowest BCUT2D eigenvalue weighted by molar-refractivity contribution is 0.561. The van der Waals surface area contributed by atoms with Crippen molar-refractivity contribution >= 4 is 0 Å². The van der Waals surface area contributed by atoms with Gasteiger partial charge in [-0.2, -0.15) is 5.10 Å². The molecule has 0 amide bonds. The number of aromatic nitrogens is 2. The summed E-state index contributed by atoms with van der Waals surface area (Å²) >= 11 is 0. The highest BCUT2D eigenvalue weighted by Crippen LogP contribution is 2.19. The third-order valence-corrected chi connectivity index (χ3v) is 2.71. The molecule has 86 valence electrons. The number of hydrogen-bond donors (Lipinski definition) is 1. The highest BCUT2D eigenvalue weighted by atomic mass is 16.3. The lowest BCUT2D eigenvalue weighted by atomic mass is 10.0. The zero-order valence-corrected chi connectivity index (χ0v) is 9.68. The van der Waals surface area contributed by atoms with Crippen molar-refractivity contribution in [1.82, 2.24) is 9.78 Å². The van der Waals surface area contributed by atoms with Crippen molar-refractivity contribution in [2.75, 3.05) is 0 Å². The number of rotatable bonds is 4. The van der Waals surface area contributed by atoms with Gasteiger partial charge in [0.1, 0.15) is 0 Å².